The number of nitrogens with zero attached hydrogens (tertiary/aromatic N) is 2. The van der Waals surface area contributed by atoms with Crippen LogP contribution in [0.15, 0.2) is 36.7 Å². The van der Waals surface area contributed by atoms with Crippen molar-refractivity contribution >= 4 is 29.9 Å². The van der Waals surface area contributed by atoms with E-state index in [1.807, 2.05) is 10.8 Å². The topological polar surface area (TPSA) is 72.9 Å². The van der Waals surface area contributed by atoms with Crippen LogP contribution in [0.5, 0.6) is 0 Å². The quantitative estimate of drug-likeness (QED) is 0.852. The van der Waals surface area contributed by atoms with E-state index in [2.05, 4.69) is 24.1 Å². The van der Waals surface area contributed by atoms with Gasteiger partial charge in [-0.05, 0) is 24.1 Å². The lowest BCUT2D eigenvalue weighted by Crippen LogP contribution is -2.17. The van der Waals surface area contributed by atoms with Gasteiger partial charge in [-0.25, -0.2) is 4.98 Å². The zero-order valence-corrected chi connectivity index (χ0v) is 12.4. The van der Waals surface area contributed by atoms with Gasteiger partial charge in [0.05, 0.1) is 0 Å². The molecule has 2 aromatic rings. The predicted molar refractivity (Wildman–Crippen MR) is 83.1 cm³/mol. The molecule has 6 heteroatoms. The number of nitrogens with one attached hydrogen (secondary N) is 1. The third kappa shape index (κ3) is 3.99. The van der Waals surface area contributed by atoms with Gasteiger partial charge in [0.1, 0.15) is 0 Å². The van der Waals surface area contributed by atoms with Crippen molar-refractivity contribution in [3.05, 3.63) is 42.2 Å². The molecule has 1 aromatic carbocycles. The van der Waals surface area contributed by atoms with Gasteiger partial charge in [-0.2, -0.15) is 0 Å². The van der Waals surface area contributed by atoms with Gasteiger partial charge in [-0.1, -0.05) is 19.9 Å². The van der Waals surface area contributed by atoms with E-state index < -0.39 is 0 Å². The molecule has 3 N–H and O–H groups in total. The fourth-order valence-electron chi connectivity index (χ4n) is 1.83. The molecule has 0 aliphatic heterocycles. The van der Waals surface area contributed by atoms with Gasteiger partial charge in [0.25, 0.3) is 5.91 Å². The highest BCUT2D eigenvalue weighted by Gasteiger charge is 2.10. The first-order chi connectivity index (χ1) is 9.06. The molecule has 0 saturated carbocycles. The highest BCUT2D eigenvalue weighted by atomic mass is 35.5. The van der Waals surface area contributed by atoms with E-state index >= 15 is 0 Å². The van der Waals surface area contributed by atoms with Crippen molar-refractivity contribution in [2.45, 2.75) is 20.4 Å². The average molecular weight is 295 g/mol. The summed E-state index contributed by atoms with van der Waals surface area (Å²) in [5, 5.41) is 2.80. The summed E-state index contributed by atoms with van der Waals surface area (Å²) in [5.41, 5.74) is 6.76. The van der Waals surface area contributed by atoms with Gasteiger partial charge in [-0.15, -0.1) is 12.4 Å². The van der Waals surface area contributed by atoms with Crippen LogP contribution < -0.4 is 11.1 Å². The van der Waals surface area contributed by atoms with Crippen molar-refractivity contribution in [3.63, 3.8) is 0 Å². The van der Waals surface area contributed by atoms with E-state index in [1.54, 1.807) is 30.5 Å². The van der Waals surface area contributed by atoms with Crippen molar-refractivity contribution in [2.75, 3.05) is 11.1 Å². The number of imidazole rings is 1. The summed E-state index contributed by atoms with van der Waals surface area (Å²) in [4.78, 5) is 16.2. The van der Waals surface area contributed by atoms with Crippen LogP contribution in [0, 0.1) is 5.92 Å². The third-order valence-electron chi connectivity index (χ3n) is 2.65. The molecule has 0 fully saturated rings. The van der Waals surface area contributed by atoms with Crippen LogP contribution in [0.1, 0.15) is 24.2 Å². The number of rotatable bonds is 4. The Kier molecular flexibility index (Phi) is 5.58. The predicted octanol–water partition coefficient (Wildman–Crippen LogP) is 2.80. The second-order valence-corrected chi connectivity index (χ2v) is 4.88. The van der Waals surface area contributed by atoms with E-state index in [-0.39, 0.29) is 18.3 Å². The van der Waals surface area contributed by atoms with Crippen LogP contribution in [0.2, 0.25) is 0 Å². The van der Waals surface area contributed by atoms with Crippen LogP contribution >= 0.6 is 12.4 Å². The Balaban J connectivity index is 0.00000200. The molecular formula is C14H19ClN4O. The maximum atomic E-state index is 12.1. The molecule has 20 heavy (non-hydrogen) atoms. The van der Waals surface area contributed by atoms with Crippen LogP contribution in [-0.2, 0) is 6.54 Å². The van der Waals surface area contributed by atoms with Gasteiger partial charge in [0, 0.05) is 30.2 Å². The lowest BCUT2D eigenvalue weighted by molar-refractivity contribution is 0.102. The first kappa shape index (κ1) is 16.0. The second-order valence-electron chi connectivity index (χ2n) is 4.88. The largest absolute Gasteiger partial charge is 0.399 e. The number of hydrogen-bond acceptors (Lipinski definition) is 3. The van der Waals surface area contributed by atoms with Crippen LogP contribution in [0.4, 0.5) is 11.6 Å². The maximum Gasteiger partial charge on any atom is 0.258 e. The summed E-state index contributed by atoms with van der Waals surface area (Å²) in [7, 11) is 0. The van der Waals surface area contributed by atoms with Gasteiger partial charge in [0.15, 0.2) is 0 Å². The zero-order chi connectivity index (χ0) is 13.8. The Morgan fingerprint density at radius 1 is 1.45 bits per heavy atom. The number of nitrogens with two attached hydrogens (primary N) is 1. The molecule has 0 atom stereocenters. The summed E-state index contributed by atoms with van der Waals surface area (Å²) < 4.78 is 1.93. The monoisotopic (exact) mass is 294 g/mol. The molecule has 0 bridgehead atoms. The smallest absolute Gasteiger partial charge is 0.258 e. The summed E-state index contributed by atoms with van der Waals surface area (Å²) in [5.74, 6) is 0.835. The number of hydrogen-bond donors (Lipinski definition) is 2. The molecule has 5 nitrogen and oxygen atoms in total. The first-order valence-corrected chi connectivity index (χ1v) is 6.24. The molecule has 0 spiro atoms. The number of carbonyl (C=O) groups excluding carboxylic acids is 1. The molecule has 2 rings (SSSR count). The minimum atomic E-state index is -0.205. The molecule has 1 aromatic heterocycles. The molecule has 1 amide bonds. The summed E-state index contributed by atoms with van der Waals surface area (Å²) >= 11 is 0. The van der Waals surface area contributed by atoms with Crippen LogP contribution in [0.25, 0.3) is 0 Å². The summed E-state index contributed by atoms with van der Waals surface area (Å²) in [6.45, 7) is 5.04. The minimum absolute atomic E-state index is 0. The molecule has 0 aliphatic rings. The maximum absolute atomic E-state index is 12.1. The Morgan fingerprint density at radius 2 is 2.20 bits per heavy atom. The van der Waals surface area contributed by atoms with Crippen molar-refractivity contribution < 1.29 is 4.79 Å². The Morgan fingerprint density at radius 3 is 2.85 bits per heavy atom. The van der Waals surface area contributed by atoms with Crippen molar-refractivity contribution in [2.24, 2.45) is 5.92 Å². The van der Waals surface area contributed by atoms with Crippen molar-refractivity contribution in [1.29, 1.82) is 0 Å². The molecular weight excluding hydrogens is 276 g/mol. The lowest BCUT2D eigenvalue weighted by Gasteiger charge is -2.11. The standard InChI is InChI=1S/C14H18N4O.ClH/c1-10(2)9-18-7-6-16-14(18)17-13(19)11-4-3-5-12(15)8-11;/h3-8,10H,9,15H2,1-2H3,(H,16,17,19);1H. The summed E-state index contributed by atoms with van der Waals surface area (Å²) in [6.07, 6.45) is 3.53. The molecule has 1 heterocycles. The molecule has 0 saturated heterocycles. The lowest BCUT2D eigenvalue weighted by atomic mass is 10.2. The molecule has 0 unspecified atom stereocenters. The number of halogens is 1. The van der Waals surface area contributed by atoms with E-state index in [4.69, 9.17) is 5.73 Å². The number of nitrogen functional groups attached to an aromatic ring is 1. The van der Waals surface area contributed by atoms with Crippen LogP contribution in [-0.4, -0.2) is 15.5 Å². The van der Waals surface area contributed by atoms with Gasteiger partial charge in [-0.3, -0.25) is 10.1 Å². The highest BCUT2D eigenvalue weighted by Crippen LogP contribution is 2.12. The van der Waals surface area contributed by atoms with E-state index in [9.17, 15) is 4.79 Å². The summed E-state index contributed by atoms with van der Waals surface area (Å²) in [6, 6.07) is 6.87. The number of benzene rings is 1. The fraction of sp³-hybridized carbons (Fsp3) is 0.286. The number of anilines is 2. The van der Waals surface area contributed by atoms with Gasteiger partial charge in [0.2, 0.25) is 5.95 Å². The number of amides is 1. The van der Waals surface area contributed by atoms with Crippen molar-refractivity contribution in [1.82, 2.24) is 9.55 Å². The van der Waals surface area contributed by atoms with E-state index in [0.29, 0.717) is 23.1 Å². The third-order valence-corrected chi connectivity index (χ3v) is 2.65. The second kappa shape index (κ2) is 6.96. The van der Waals surface area contributed by atoms with E-state index in [0.717, 1.165) is 6.54 Å². The van der Waals surface area contributed by atoms with Gasteiger partial charge >= 0.3 is 0 Å². The highest BCUT2D eigenvalue weighted by molar-refractivity contribution is 6.03. The normalized spacial score (nSPS) is 10.2. The Hall–Kier alpha value is -2.01. The SMILES string of the molecule is CC(C)Cn1ccnc1NC(=O)c1cccc(N)c1.Cl. The molecule has 0 radical (unpaired) electrons. The minimum Gasteiger partial charge on any atom is -0.399 e. The van der Waals surface area contributed by atoms with Gasteiger partial charge < -0.3 is 10.3 Å². The molecule has 108 valence electrons. The Labute approximate surface area is 124 Å². The van der Waals surface area contributed by atoms with E-state index in [1.165, 1.54) is 0 Å². The van der Waals surface area contributed by atoms with Crippen LogP contribution in [0.3, 0.4) is 0 Å². The number of carbonyl (C=O) groups is 1. The van der Waals surface area contributed by atoms with Crippen molar-refractivity contribution in [3.8, 4) is 0 Å². The zero-order valence-electron chi connectivity index (χ0n) is 11.5. The first-order valence-electron chi connectivity index (χ1n) is 6.24. The fourth-order valence-corrected chi connectivity index (χ4v) is 1.83. The average Bonchev–Trinajstić information content (AvgIpc) is 2.75. The Bertz CT molecular complexity index is 580. The molecule has 0 aliphatic carbocycles. The number of aromatic nitrogens is 2.